The second-order valence-corrected chi connectivity index (χ2v) is 4.65. The van der Waals surface area contributed by atoms with E-state index in [9.17, 15) is 9.90 Å². The topological polar surface area (TPSA) is 40.1 Å². The summed E-state index contributed by atoms with van der Waals surface area (Å²) in [6.07, 6.45) is 2.39. The molecule has 2 rings (SSSR count). The number of carbonyl (C=O) groups excluding carboxylic acids is 1. The van der Waals surface area contributed by atoms with Gasteiger partial charge in [-0.15, -0.1) is 0 Å². The van der Waals surface area contributed by atoms with Gasteiger partial charge in [0.2, 0.25) is 0 Å². The minimum atomic E-state index is -0.939. The van der Waals surface area contributed by atoms with Crippen molar-refractivity contribution in [2.75, 3.05) is 0 Å². The fourth-order valence-corrected chi connectivity index (χ4v) is 2.17. The average molecular weight is 254 g/mol. The lowest BCUT2D eigenvalue weighted by Crippen LogP contribution is -2.50. The summed E-state index contributed by atoms with van der Waals surface area (Å²) in [6.45, 7) is 0. The summed E-state index contributed by atoms with van der Waals surface area (Å²) < 4.78 is 0.967. The van der Waals surface area contributed by atoms with Crippen molar-refractivity contribution in [3.8, 4) is 0 Å². The van der Waals surface area contributed by atoms with Crippen molar-refractivity contribution in [1.82, 2.24) is 0 Å². The van der Waals surface area contributed by atoms with Gasteiger partial charge in [0.05, 0.1) is 5.97 Å². The smallest absolute Gasteiger partial charge is 0.0520 e. The van der Waals surface area contributed by atoms with Crippen LogP contribution in [0.5, 0.6) is 0 Å². The maximum atomic E-state index is 11.1. The van der Waals surface area contributed by atoms with Gasteiger partial charge in [0.15, 0.2) is 0 Å². The Labute approximate surface area is 91.1 Å². The van der Waals surface area contributed by atoms with Crippen molar-refractivity contribution in [3.05, 3.63) is 34.3 Å². The Bertz CT molecular complexity index is 352. The molecule has 2 nitrogen and oxygen atoms in total. The molecule has 0 aromatic heterocycles. The first-order valence-electron chi connectivity index (χ1n) is 4.63. The second kappa shape index (κ2) is 3.39. The van der Waals surface area contributed by atoms with E-state index in [0.717, 1.165) is 16.5 Å². The fourth-order valence-electron chi connectivity index (χ4n) is 1.91. The summed E-state index contributed by atoms with van der Waals surface area (Å²) in [5.74, 6) is -0.939. The van der Waals surface area contributed by atoms with Crippen molar-refractivity contribution in [1.29, 1.82) is 0 Å². The first-order valence-corrected chi connectivity index (χ1v) is 5.42. The van der Waals surface area contributed by atoms with Crippen LogP contribution in [0.2, 0.25) is 0 Å². The minimum Gasteiger partial charge on any atom is -0.549 e. The first kappa shape index (κ1) is 9.71. The molecule has 0 atom stereocenters. The van der Waals surface area contributed by atoms with Crippen molar-refractivity contribution in [2.24, 2.45) is 0 Å². The van der Waals surface area contributed by atoms with Crippen LogP contribution in [0.25, 0.3) is 0 Å². The van der Waals surface area contributed by atoms with E-state index in [4.69, 9.17) is 0 Å². The number of halogens is 1. The van der Waals surface area contributed by atoms with Crippen LogP contribution in [-0.4, -0.2) is 5.97 Å². The summed E-state index contributed by atoms with van der Waals surface area (Å²) in [5.41, 5.74) is 0.160. The van der Waals surface area contributed by atoms with Crippen LogP contribution < -0.4 is 5.11 Å². The highest BCUT2D eigenvalue weighted by Gasteiger charge is 2.39. The number of carboxylic acid groups (broad SMARTS) is 1. The van der Waals surface area contributed by atoms with Crippen LogP contribution in [-0.2, 0) is 10.2 Å². The van der Waals surface area contributed by atoms with E-state index in [1.165, 1.54) is 0 Å². The molecule has 14 heavy (non-hydrogen) atoms. The Hall–Kier alpha value is -0.830. The van der Waals surface area contributed by atoms with E-state index in [1.807, 2.05) is 24.3 Å². The third-order valence-electron chi connectivity index (χ3n) is 2.99. The molecule has 0 heterocycles. The van der Waals surface area contributed by atoms with E-state index in [1.54, 1.807) is 0 Å². The molecule has 1 aromatic carbocycles. The van der Waals surface area contributed by atoms with Crippen LogP contribution in [0.1, 0.15) is 24.8 Å². The maximum absolute atomic E-state index is 11.1. The van der Waals surface area contributed by atoms with Crippen molar-refractivity contribution >= 4 is 21.9 Å². The van der Waals surface area contributed by atoms with E-state index < -0.39 is 11.4 Å². The van der Waals surface area contributed by atoms with Crippen molar-refractivity contribution < 1.29 is 9.90 Å². The van der Waals surface area contributed by atoms with Gasteiger partial charge in [0.25, 0.3) is 0 Å². The van der Waals surface area contributed by atoms with Crippen molar-refractivity contribution in [2.45, 2.75) is 24.7 Å². The zero-order chi connectivity index (χ0) is 10.2. The summed E-state index contributed by atoms with van der Waals surface area (Å²) in [7, 11) is 0. The summed E-state index contributed by atoms with van der Waals surface area (Å²) in [4.78, 5) is 11.1. The Morgan fingerprint density at radius 1 is 1.29 bits per heavy atom. The normalized spacial score (nSPS) is 18.6. The standard InChI is InChI=1S/C11H11BrO2/c12-9-4-2-8(3-5-9)11(10(13)14)6-1-7-11/h2-5H,1,6-7H2,(H,13,14)/p-1. The monoisotopic (exact) mass is 253 g/mol. The third-order valence-corrected chi connectivity index (χ3v) is 3.52. The Morgan fingerprint density at radius 3 is 2.21 bits per heavy atom. The lowest BCUT2D eigenvalue weighted by molar-refractivity contribution is -0.317. The molecule has 0 unspecified atom stereocenters. The predicted octanol–water partition coefficient (Wildman–Crippen LogP) is 1.62. The van der Waals surface area contributed by atoms with Crippen LogP contribution in [0, 0.1) is 0 Å². The van der Waals surface area contributed by atoms with Gasteiger partial charge in [0.1, 0.15) is 0 Å². The van der Waals surface area contributed by atoms with Crippen LogP contribution in [0.15, 0.2) is 28.7 Å². The molecular formula is C11H10BrO2-. The van der Waals surface area contributed by atoms with Crippen LogP contribution in [0.3, 0.4) is 0 Å². The molecule has 0 saturated heterocycles. The molecule has 0 aliphatic heterocycles. The van der Waals surface area contributed by atoms with Gasteiger partial charge < -0.3 is 9.90 Å². The van der Waals surface area contributed by atoms with Gasteiger partial charge in [0, 0.05) is 9.89 Å². The third kappa shape index (κ3) is 1.36. The SMILES string of the molecule is O=C([O-])C1(c2ccc(Br)cc2)CCC1. The largest absolute Gasteiger partial charge is 0.549 e. The number of benzene rings is 1. The number of rotatable bonds is 2. The molecule has 1 fully saturated rings. The lowest BCUT2D eigenvalue weighted by Gasteiger charge is -2.43. The Balaban J connectivity index is 2.37. The van der Waals surface area contributed by atoms with E-state index in [-0.39, 0.29) is 0 Å². The van der Waals surface area contributed by atoms with E-state index >= 15 is 0 Å². The number of hydrogen-bond acceptors (Lipinski definition) is 2. The second-order valence-electron chi connectivity index (χ2n) is 3.73. The van der Waals surface area contributed by atoms with Gasteiger partial charge in [-0.3, -0.25) is 0 Å². The van der Waals surface area contributed by atoms with E-state index in [0.29, 0.717) is 12.8 Å². The molecule has 0 amide bonds. The van der Waals surface area contributed by atoms with Gasteiger partial charge in [-0.25, -0.2) is 0 Å². The Morgan fingerprint density at radius 2 is 1.86 bits per heavy atom. The van der Waals surface area contributed by atoms with Crippen LogP contribution in [0.4, 0.5) is 0 Å². The highest BCUT2D eigenvalue weighted by molar-refractivity contribution is 9.10. The predicted molar refractivity (Wildman–Crippen MR) is 54.7 cm³/mol. The van der Waals surface area contributed by atoms with E-state index in [2.05, 4.69) is 15.9 Å². The number of carbonyl (C=O) groups is 1. The zero-order valence-corrected chi connectivity index (χ0v) is 9.21. The quantitative estimate of drug-likeness (QED) is 0.804. The fraction of sp³-hybridized carbons (Fsp3) is 0.364. The molecular weight excluding hydrogens is 244 g/mol. The molecule has 1 aliphatic carbocycles. The zero-order valence-electron chi connectivity index (χ0n) is 7.63. The van der Waals surface area contributed by atoms with Gasteiger partial charge in [-0.05, 0) is 30.5 Å². The molecule has 0 radical (unpaired) electrons. The molecule has 1 aromatic rings. The highest BCUT2D eigenvalue weighted by atomic mass is 79.9. The van der Waals surface area contributed by atoms with Gasteiger partial charge in [-0.1, -0.05) is 34.5 Å². The summed E-state index contributed by atoms with van der Waals surface area (Å²) in [5, 5.41) is 11.1. The first-order chi connectivity index (χ1) is 6.65. The molecule has 0 spiro atoms. The molecule has 3 heteroatoms. The van der Waals surface area contributed by atoms with Gasteiger partial charge >= 0.3 is 0 Å². The lowest BCUT2D eigenvalue weighted by atomic mass is 9.64. The Kier molecular flexibility index (Phi) is 2.35. The summed E-state index contributed by atoms with van der Waals surface area (Å²) in [6, 6.07) is 7.47. The molecule has 74 valence electrons. The minimum absolute atomic E-state index is 0.705. The number of aliphatic carboxylic acids is 1. The van der Waals surface area contributed by atoms with Crippen LogP contribution >= 0.6 is 15.9 Å². The molecule has 0 N–H and O–H groups in total. The molecule has 1 saturated carbocycles. The number of hydrogen-bond donors (Lipinski definition) is 0. The molecule has 1 aliphatic rings. The molecule has 0 bridgehead atoms. The van der Waals surface area contributed by atoms with Gasteiger partial charge in [-0.2, -0.15) is 0 Å². The number of carboxylic acids is 1. The highest BCUT2D eigenvalue weighted by Crippen LogP contribution is 2.43. The maximum Gasteiger partial charge on any atom is 0.0520 e. The summed E-state index contributed by atoms with van der Waals surface area (Å²) >= 11 is 3.33. The van der Waals surface area contributed by atoms with Crippen molar-refractivity contribution in [3.63, 3.8) is 0 Å². The average Bonchev–Trinajstić information content (AvgIpc) is 2.05.